The Hall–Kier alpha value is -3.43. The number of carbonyl (C=O) groups excluding carboxylic acids is 5. The molecule has 0 bridgehead atoms. The first kappa shape index (κ1) is 43.6. The number of hydrogen-bond acceptors (Lipinski definition) is 10. The van der Waals surface area contributed by atoms with E-state index in [1.807, 2.05) is 32.0 Å². The van der Waals surface area contributed by atoms with E-state index in [0.29, 0.717) is 25.2 Å². The van der Waals surface area contributed by atoms with Crippen LogP contribution in [0.1, 0.15) is 131 Å². The summed E-state index contributed by atoms with van der Waals surface area (Å²) in [5.74, 6) is -3.11. The maximum Gasteiger partial charge on any atom is 0.313 e. The summed E-state index contributed by atoms with van der Waals surface area (Å²) in [5, 5.41) is 0. The number of carbonyl (C=O) groups is 5. The van der Waals surface area contributed by atoms with Gasteiger partial charge in [0.15, 0.2) is 0 Å². The van der Waals surface area contributed by atoms with Gasteiger partial charge in [-0.3, -0.25) is 24.0 Å². The van der Waals surface area contributed by atoms with Crippen LogP contribution in [0.25, 0.3) is 0 Å². The summed E-state index contributed by atoms with van der Waals surface area (Å²) in [6.07, 6.45) is 12.6. The fourth-order valence-electron chi connectivity index (χ4n) is 5.49. The smallest absolute Gasteiger partial charge is 0.313 e. The Morgan fingerprint density at radius 1 is 0.653 bits per heavy atom. The van der Waals surface area contributed by atoms with Crippen LogP contribution < -0.4 is 4.74 Å². The summed E-state index contributed by atoms with van der Waals surface area (Å²) in [7, 11) is 0. The highest BCUT2D eigenvalue weighted by atomic mass is 16.6. The molecule has 3 atom stereocenters. The summed E-state index contributed by atoms with van der Waals surface area (Å²) in [6.45, 7) is 9.04. The van der Waals surface area contributed by atoms with Crippen LogP contribution in [0.4, 0.5) is 0 Å². The van der Waals surface area contributed by atoms with Crippen molar-refractivity contribution in [3.05, 3.63) is 30.3 Å². The first-order chi connectivity index (χ1) is 23.6. The van der Waals surface area contributed by atoms with Gasteiger partial charge >= 0.3 is 23.9 Å². The summed E-state index contributed by atoms with van der Waals surface area (Å²) >= 11 is 0. The highest BCUT2D eigenvalue weighted by Crippen LogP contribution is 2.35. The maximum atomic E-state index is 13.5. The average molecular weight is 691 g/mol. The van der Waals surface area contributed by atoms with E-state index in [1.54, 1.807) is 19.1 Å². The third-order valence-corrected chi connectivity index (χ3v) is 8.75. The molecule has 1 aromatic rings. The van der Waals surface area contributed by atoms with Gasteiger partial charge in [-0.05, 0) is 58.1 Å². The van der Waals surface area contributed by atoms with Gasteiger partial charge in [0.25, 0.3) is 0 Å². The average Bonchev–Trinajstić information content (AvgIpc) is 3.09. The number of benzene rings is 1. The van der Waals surface area contributed by atoms with E-state index in [-0.39, 0.29) is 57.4 Å². The van der Waals surface area contributed by atoms with Crippen molar-refractivity contribution in [1.82, 2.24) is 0 Å². The van der Waals surface area contributed by atoms with Gasteiger partial charge in [-0.25, -0.2) is 0 Å². The lowest BCUT2D eigenvalue weighted by Crippen LogP contribution is -2.36. The Labute approximate surface area is 294 Å². The van der Waals surface area contributed by atoms with Crippen LogP contribution in [-0.4, -0.2) is 62.7 Å². The van der Waals surface area contributed by atoms with E-state index in [1.165, 1.54) is 51.9 Å². The molecule has 0 aliphatic rings. The summed E-state index contributed by atoms with van der Waals surface area (Å²) in [6, 6.07) is 9.18. The third-order valence-electron chi connectivity index (χ3n) is 8.75. The second kappa shape index (κ2) is 26.4. The predicted molar refractivity (Wildman–Crippen MR) is 188 cm³/mol. The molecule has 0 amide bonds. The van der Waals surface area contributed by atoms with Gasteiger partial charge in [-0.2, -0.15) is 0 Å². The molecule has 0 radical (unpaired) electrons. The normalized spacial score (nSPS) is 13.4. The lowest BCUT2D eigenvalue weighted by molar-refractivity contribution is -0.164. The molecule has 0 aliphatic heterocycles. The van der Waals surface area contributed by atoms with Crippen LogP contribution in [-0.2, 0) is 42.9 Å². The molecule has 0 aliphatic carbocycles. The first-order valence-electron chi connectivity index (χ1n) is 18.4. The minimum absolute atomic E-state index is 0.00310. The van der Waals surface area contributed by atoms with E-state index in [0.717, 1.165) is 19.3 Å². The standard InChI is InChI=1S/C39H62O10/c1-6-9-10-11-12-13-14-15-16-20-23-47-36(42)32(7-2)29-33(37(43)48-26-24-45-34-21-18-17-19-22-34)30-39(5,8-3)38(44)49-27-25-46-35(41)28-31(4)40/h17-19,21-22,32-33H,6-16,20,23-30H2,1-5H3. The van der Waals surface area contributed by atoms with Gasteiger partial charge in [-0.15, -0.1) is 0 Å². The minimum atomic E-state index is -1.08. The van der Waals surface area contributed by atoms with Gasteiger partial charge in [0.1, 0.15) is 44.4 Å². The number of ketones is 1. The van der Waals surface area contributed by atoms with E-state index in [9.17, 15) is 24.0 Å². The van der Waals surface area contributed by atoms with Crippen molar-refractivity contribution in [2.45, 2.75) is 131 Å². The van der Waals surface area contributed by atoms with Crippen LogP contribution in [0.15, 0.2) is 30.3 Å². The first-order valence-corrected chi connectivity index (χ1v) is 18.4. The molecule has 0 spiro atoms. The van der Waals surface area contributed by atoms with Crippen molar-refractivity contribution >= 4 is 29.7 Å². The van der Waals surface area contributed by atoms with E-state index < -0.39 is 35.2 Å². The molecular formula is C39H62O10. The van der Waals surface area contributed by atoms with Crippen molar-refractivity contribution in [2.75, 3.05) is 33.0 Å². The van der Waals surface area contributed by atoms with Crippen LogP contribution in [0, 0.1) is 17.3 Å². The Morgan fingerprint density at radius 2 is 1.20 bits per heavy atom. The van der Waals surface area contributed by atoms with E-state index in [4.69, 9.17) is 23.7 Å². The zero-order valence-corrected chi connectivity index (χ0v) is 30.8. The van der Waals surface area contributed by atoms with Crippen molar-refractivity contribution in [3.8, 4) is 5.75 Å². The summed E-state index contributed by atoms with van der Waals surface area (Å²) in [4.78, 5) is 62.5. The molecular weight excluding hydrogens is 628 g/mol. The molecule has 0 saturated carbocycles. The topological polar surface area (TPSA) is 132 Å². The predicted octanol–water partition coefficient (Wildman–Crippen LogP) is 7.98. The summed E-state index contributed by atoms with van der Waals surface area (Å²) in [5.41, 5.74) is -1.08. The zero-order valence-electron chi connectivity index (χ0n) is 30.8. The molecule has 49 heavy (non-hydrogen) atoms. The van der Waals surface area contributed by atoms with Crippen molar-refractivity contribution < 1.29 is 47.7 Å². The van der Waals surface area contributed by atoms with E-state index >= 15 is 0 Å². The van der Waals surface area contributed by atoms with Crippen LogP contribution in [0.3, 0.4) is 0 Å². The molecule has 0 heterocycles. The van der Waals surface area contributed by atoms with Crippen molar-refractivity contribution in [2.24, 2.45) is 17.3 Å². The number of esters is 4. The molecule has 1 aromatic carbocycles. The Balaban J connectivity index is 2.76. The number of unbranched alkanes of at least 4 members (excludes halogenated alkanes) is 9. The second-order valence-electron chi connectivity index (χ2n) is 13.1. The Morgan fingerprint density at radius 3 is 1.80 bits per heavy atom. The fraction of sp³-hybridized carbons (Fsp3) is 0.718. The van der Waals surface area contributed by atoms with E-state index in [2.05, 4.69) is 6.92 Å². The number of ether oxygens (including phenoxy) is 5. The molecule has 0 fully saturated rings. The quantitative estimate of drug-likeness (QED) is 0.0353. The van der Waals surface area contributed by atoms with Crippen LogP contribution >= 0.6 is 0 Å². The molecule has 10 nitrogen and oxygen atoms in total. The van der Waals surface area contributed by atoms with Gasteiger partial charge < -0.3 is 23.7 Å². The Kier molecular flexibility index (Phi) is 23.5. The number of hydrogen-bond donors (Lipinski definition) is 0. The number of rotatable bonds is 29. The molecule has 3 unspecified atom stereocenters. The van der Waals surface area contributed by atoms with Crippen LogP contribution in [0.5, 0.6) is 5.75 Å². The van der Waals surface area contributed by atoms with Crippen LogP contribution in [0.2, 0.25) is 0 Å². The number of para-hydroxylation sites is 1. The lowest BCUT2D eigenvalue weighted by Gasteiger charge is -2.30. The van der Waals surface area contributed by atoms with Gasteiger partial charge in [0.2, 0.25) is 0 Å². The monoisotopic (exact) mass is 690 g/mol. The largest absolute Gasteiger partial charge is 0.490 e. The second-order valence-corrected chi connectivity index (χ2v) is 13.1. The van der Waals surface area contributed by atoms with Gasteiger partial charge in [0.05, 0.1) is 23.9 Å². The number of Topliss-reactive ketones (excluding diaryl/α,β-unsaturated/α-hetero) is 1. The van der Waals surface area contributed by atoms with Crippen molar-refractivity contribution in [3.63, 3.8) is 0 Å². The maximum absolute atomic E-state index is 13.5. The molecule has 10 heteroatoms. The van der Waals surface area contributed by atoms with Gasteiger partial charge in [0, 0.05) is 0 Å². The SMILES string of the molecule is CCCCCCCCCCCCOC(=O)C(CC)CC(CC(C)(CC)C(=O)OCCOC(=O)CC(C)=O)C(=O)OCCOc1ccccc1. The lowest BCUT2D eigenvalue weighted by atomic mass is 9.76. The van der Waals surface area contributed by atoms with Gasteiger partial charge in [-0.1, -0.05) is 96.8 Å². The zero-order chi connectivity index (χ0) is 36.3. The summed E-state index contributed by atoms with van der Waals surface area (Å²) < 4.78 is 27.3. The highest BCUT2D eigenvalue weighted by molar-refractivity contribution is 5.94. The third kappa shape index (κ3) is 20.0. The molecule has 1 rings (SSSR count). The minimum Gasteiger partial charge on any atom is -0.490 e. The van der Waals surface area contributed by atoms with Crippen molar-refractivity contribution in [1.29, 1.82) is 0 Å². The fourth-order valence-corrected chi connectivity index (χ4v) is 5.49. The highest BCUT2D eigenvalue weighted by Gasteiger charge is 2.40. The molecule has 0 N–H and O–H groups in total. The molecule has 0 aromatic heterocycles. The molecule has 0 saturated heterocycles. The Bertz CT molecular complexity index is 1090. The molecule has 278 valence electrons.